The van der Waals surface area contributed by atoms with E-state index in [-0.39, 0.29) is 10.7 Å². The fourth-order valence-corrected chi connectivity index (χ4v) is 1.78. The number of hydrogen-bond donors (Lipinski definition) is 2. The van der Waals surface area contributed by atoms with Crippen LogP contribution < -0.4 is 31.3 Å². The molecule has 0 atom stereocenters. The van der Waals surface area contributed by atoms with Crippen LogP contribution in [0.15, 0.2) is 27.8 Å². The van der Waals surface area contributed by atoms with Gasteiger partial charge in [0.15, 0.2) is 11.5 Å². The summed E-state index contributed by atoms with van der Waals surface area (Å²) in [5, 5.41) is 0.00428. The molecule has 0 aliphatic heterocycles. The highest BCUT2D eigenvalue weighted by Crippen LogP contribution is 2.27. The number of ether oxygens (including phenoxy) is 2. The fraction of sp³-hybridized carbons (Fsp3) is 0.143. The summed E-state index contributed by atoms with van der Waals surface area (Å²) in [4.78, 5) is 28.4. The zero-order chi connectivity index (χ0) is 14.7. The summed E-state index contributed by atoms with van der Waals surface area (Å²) in [7, 11) is 3.04. The molecular formula is C14H14N2O4. The van der Waals surface area contributed by atoms with Gasteiger partial charge in [-0.1, -0.05) is 12.6 Å². The largest absolute Gasteiger partial charge is 0.493 e. The van der Waals surface area contributed by atoms with Gasteiger partial charge in [-0.05, 0) is 23.8 Å². The van der Waals surface area contributed by atoms with Gasteiger partial charge in [0.1, 0.15) is 10.7 Å². The molecule has 1 aromatic heterocycles. The number of aromatic amines is 2. The van der Waals surface area contributed by atoms with Gasteiger partial charge in [0.25, 0.3) is 11.1 Å². The summed E-state index contributed by atoms with van der Waals surface area (Å²) in [6, 6.07) is 5.09. The summed E-state index contributed by atoms with van der Waals surface area (Å²) < 4.78 is 10.3. The van der Waals surface area contributed by atoms with Crippen molar-refractivity contribution in [2.45, 2.75) is 0 Å². The smallest absolute Gasteiger partial charge is 0.262 e. The van der Waals surface area contributed by atoms with Crippen molar-refractivity contribution in [2.75, 3.05) is 14.2 Å². The number of methoxy groups -OCH3 is 2. The van der Waals surface area contributed by atoms with E-state index >= 15 is 0 Å². The molecule has 1 aromatic carbocycles. The molecule has 1 heterocycles. The Balaban J connectivity index is 2.65. The quantitative estimate of drug-likeness (QED) is 0.776. The van der Waals surface area contributed by atoms with E-state index in [4.69, 9.17) is 9.47 Å². The number of nitrogens with one attached hydrogen (secondary N) is 2. The molecule has 6 nitrogen and oxygen atoms in total. The summed E-state index contributed by atoms with van der Waals surface area (Å²) in [5.74, 6) is 1.09. The molecule has 2 N–H and O–H groups in total. The molecule has 2 rings (SSSR count). The zero-order valence-corrected chi connectivity index (χ0v) is 11.1. The van der Waals surface area contributed by atoms with Crippen LogP contribution in [0.3, 0.4) is 0 Å². The molecule has 2 aromatic rings. The Kier molecular flexibility index (Phi) is 3.74. The second-order valence-electron chi connectivity index (χ2n) is 4.06. The minimum Gasteiger partial charge on any atom is -0.493 e. The maximum Gasteiger partial charge on any atom is 0.262 e. The first-order chi connectivity index (χ1) is 9.55. The summed E-state index contributed by atoms with van der Waals surface area (Å²) in [6.07, 6.45) is 1.47. The Morgan fingerprint density at radius 3 is 2.20 bits per heavy atom. The lowest BCUT2D eigenvalue weighted by Crippen LogP contribution is -2.47. The van der Waals surface area contributed by atoms with Crippen molar-refractivity contribution in [3.63, 3.8) is 0 Å². The monoisotopic (exact) mass is 274 g/mol. The number of hydrogen-bond acceptors (Lipinski definition) is 4. The van der Waals surface area contributed by atoms with Crippen LogP contribution in [0.1, 0.15) is 5.56 Å². The minimum atomic E-state index is -0.492. The predicted molar refractivity (Wildman–Crippen MR) is 75.6 cm³/mol. The summed E-state index contributed by atoms with van der Waals surface area (Å²) >= 11 is 0. The maximum absolute atomic E-state index is 11.7. The molecule has 0 radical (unpaired) electrons. The molecular weight excluding hydrogens is 260 g/mol. The number of H-pyrrole nitrogens is 2. The second-order valence-corrected chi connectivity index (χ2v) is 4.06. The Bertz CT molecular complexity index is 811. The Hall–Kier alpha value is -2.76. The van der Waals surface area contributed by atoms with Crippen molar-refractivity contribution in [2.24, 2.45) is 0 Å². The van der Waals surface area contributed by atoms with Crippen molar-refractivity contribution in [3.05, 3.63) is 55.2 Å². The zero-order valence-electron chi connectivity index (χ0n) is 11.1. The van der Waals surface area contributed by atoms with E-state index in [0.29, 0.717) is 17.1 Å². The first-order valence-electron chi connectivity index (χ1n) is 5.80. The molecule has 20 heavy (non-hydrogen) atoms. The number of benzene rings is 1. The molecule has 0 unspecified atom stereocenters. The summed E-state index contributed by atoms with van der Waals surface area (Å²) in [6.45, 7) is 3.48. The minimum absolute atomic E-state index is 0.00428. The molecule has 0 spiro atoms. The van der Waals surface area contributed by atoms with Gasteiger partial charge in [-0.3, -0.25) is 9.59 Å². The van der Waals surface area contributed by atoms with E-state index in [1.165, 1.54) is 20.3 Å². The average Bonchev–Trinajstić information content (AvgIpc) is 2.42. The maximum atomic E-state index is 11.7. The van der Waals surface area contributed by atoms with Gasteiger partial charge >= 0.3 is 0 Å². The van der Waals surface area contributed by atoms with Crippen molar-refractivity contribution < 1.29 is 9.47 Å². The van der Waals surface area contributed by atoms with Crippen molar-refractivity contribution >= 4 is 12.7 Å². The van der Waals surface area contributed by atoms with Crippen LogP contribution in [0.5, 0.6) is 11.5 Å². The third-order valence-electron chi connectivity index (χ3n) is 2.74. The highest BCUT2D eigenvalue weighted by molar-refractivity contribution is 5.55. The highest BCUT2D eigenvalue weighted by Gasteiger charge is 2.04. The van der Waals surface area contributed by atoms with Gasteiger partial charge < -0.3 is 19.4 Å². The van der Waals surface area contributed by atoms with Crippen LogP contribution in [-0.2, 0) is 0 Å². The molecule has 0 amide bonds. The third-order valence-corrected chi connectivity index (χ3v) is 2.74. The van der Waals surface area contributed by atoms with Gasteiger partial charge in [-0.2, -0.15) is 0 Å². The SMILES string of the molecule is C=c1[nH]c(=O)c(=Cc2ccc(OC)c(OC)c2)c(=O)[nH]1. The van der Waals surface area contributed by atoms with Crippen LogP contribution in [0.25, 0.3) is 12.7 Å². The number of rotatable bonds is 3. The van der Waals surface area contributed by atoms with E-state index in [9.17, 15) is 9.59 Å². The molecule has 0 saturated carbocycles. The number of aromatic nitrogens is 2. The van der Waals surface area contributed by atoms with Crippen LogP contribution in [0.2, 0.25) is 0 Å². The van der Waals surface area contributed by atoms with E-state index in [1.807, 2.05) is 0 Å². The highest BCUT2D eigenvalue weighted by atomic mass is 16.5. The van der Waals surface area contributed by atoms with Crippen molar-refractivity contribution in [3.8, 4) is 11.5 Å². The normalized spacial score (nSPS) is 10.1. The van der Waals surface area contributed by atoms with E-state index in [0.717, 1.165) is 0 Å². The molecule has 6 heteroatoms. The molecule has 0 saturated heterocycles. The standard InChI is InChI=1S/C14H14N2O4/c1-8-15-13(17)10(14(18)16-8)6-9-4-5-11(19-2)12(7-9)20-3/h4-7H,1H2,2-3H3,(H,15,17)(H,16,18). The third kappa shape index (κ3) is 2.64. The van der Waals surface area contributed by atoms with Crippen LogP contribution in [0.4, 0.5) is 0 Å². The lowest BCUT2D eigenvalue weighted by molar-refractivity contribution is 0.355. The molecule has 0 bridgehead atoms. The second kappa shape index (κ2) is 5.48. The predicted octanol–water partition coefficient (Wildman–Crippen LogP) is -0.680. The average molecular weight is 274 g/mol. The molecule has 104 valence electrons. The summed E-state index contributed by atoms with van der Waals surface area (Å²) in [5.41, 5.74) is -0.165. The van der Waals surface area contributed by atoms with Crippen LogP contribution in [0, 0.1) is 0 Å². The van der Waals surface area contributed by atoms with Gasteiger partial charge in [-0.15, -0.1) is 0 Å². The van der Waals surface area contributed by atoms with Crippen molar-refractivity contribution in [1.82, 2.24) is 9.97 Å². The Morgan fingerprint density at radius 1 is 1.05 bits per heavy atom. The van der Waals surface area contributed by atoms with Gasteiger partial charge in [0.05, 0.1) is 14.2 Å². The van der Waals surface area contributed by atoms with E-state index in [2.05, 4.69) is 16.5 Å². The van der Waals surface area contributed by atoms with E-state index < -0.39 is 11.1 Å². The molecule has 0 aliphatic rings. The first-order valence-corrected chi connectivity index (χ1v) is 5.80. The van der Waals surface area contributed by atoms with Gasteiger partial charge in [-0.25, -0.2) is 0 Å². The van der Waals surface area contributed by atoms with Gasteiger partial charge in [0, 0.05) is 0 Å². The molecule has 0 fully saturated rings. The fourth-order valence-electron chi connectivity index (χ4n) is 1.78. The van der Waals surface area contributed by atoms with Crippen LogP contribution in [-0.4, -0.2) is 24.2 Å². The van der Waals surface area contributed by atoms with Crippen LogP contribution >= 0.6 is 0 Å². The Labute approximate surface area is 114 Å². The van der Waals surface area contributed by atoms with Crippen molar-refractivity contribution in [1.29, 1.82) is 0 Å². The lowest BCUT2D eigenvalue weighted by atomic mass is 10.1. The first kappa shape index (κ1) is 13.7. The Morgan fingerprint density at radius 2 is 1.65 bits per heavy atom. The van der Waals surface area contributed by atoms with Gasteiger partial charge in [0.2, 0.25) is 0 Å². The van der Waals surface area contributed by atoms with E-state index in [1.54, 1.807) is 18.2 Å². The lowest BCUT2D eigenvalue weighted by Gasteiger charge is -2.07. The topological polar surface area (TPSA) is 84.2 Å². The molecule has 0 aliphatic carbocycles.